The quantitative estimate of drug-likeness (QED) is 0.803. The van der Waals surface area contributed by atoms with Crippen molar-refractivity contribution in [3.63, 3.8) is 0 Å². The van der Waals surface area contributed by atoms with Gasteiger partial charge in [-0.05, 0) is 56.1 Å². The molecule has 2 atom stereocenters. The van der Waals surface area contributed by atoms with Crippen LogP contribution >= 0.6 is 11.8 Å². The Bertz CT molecular complexity index is 274. The lowest BCUT2D eigenvalue weighted by Gasteiger charge is -2.50. The van der Waals surface area contributed by atoms with E-state index >= 15 is 0 Å². The van der Waals surface area contributed by atoms with E-state index in [-0.39, 0.29) is 0 Å². The van der Waals surface area contributed by atoms with Gasteiger partial charge in [-0.1, -0.05) is 6.92 Å². The fraction of sp³-hybridized carbons (Fsp3) is 1.00. The minimum absolute atomic E-state index is 0.314. The van der Waals surface area contributed by atoms with Crippen LogP contribution in [0.5, 0.6) is 0 Å². The second-order valence-electron chi connectivity index (χ2n) is 6.72. The Morgan fingerprint density at radius 3 is 2.22 bits per heavy atom. The SMILES string of the molecule is CC1SCCCC1(CN)N(CC1CC1)CC1CC1. The summed E-state index contributed by atoms with van der Waals surface area (Å²) in [6.07, 6.45) is 8.54. The van der Waals surface area contributed by atoms with Gasteiger partial charge in [-0.2, -0.15) is 11.8 Å². The predicted octanol–water partition coefficient (Wildman–Crippen LogP) is 2.72. The van der Waals surface area contributed by atoms with E-state index in [0.29, 0.717) is 10.8 Å². The first-order valence-electron chi connectivity index (χ1n) is 7.81. The molecule has 3 aliphatic rings. The molecule has 2 aliphatic carbocycles. The Morgan fingerprint density at radius 2 is 1.78 bits per heavy atom. The van der Waals surface area contributed by atoms with Gasteiger partial charge in [-0.15, -0.1) is 0 Å². The predicted molar refractivity (Wildman–Crippen MR) is 80.0 cm³/mol. The van der Waals surface area contributed by atoms with Crippen LogP contribution in [0, 0.1) is 11.8 Å². The maximum absolute atomic E-state index is 6.27. The molecule has 3 fully saturated rings. The maximum atomic E-state index is 6.27. The van der Waals surface area contributed by atoms with Gasteiger partial charge >= 0.3 is 0 Å². The number of nitrogens with zero attached hydrogens (tertiary/aromatic N) is 1. The van der Waals surface area contributed by atoms with Crippen LogP contribution in [0.3, 0.4) is 0 Å². The van der Waals surface area contributed by atoms with Gasteiger partial charge in [0.25, 0.3) is 0 Å². The Balaban J connectivity index is 1.74. The van der Waals surface area contributed by atoms with Crippen LogP contribution in [0.4, 0.5) is 0 Å². The van der Waals surface area contributed by atoms with Crippen LogP contribution < -0.4 is 5.73 Å². The summed E-state index contributed by atoms with van der Waals surface area (Å²) in [7, 11) is 0. The highest BCUT2D eigenvalue weighted by Crippen LogP contribution is 2.43. The van der Waals surface area contributed by atoms with Gasteiger partial charge in [0.05, 0.1) is 0 Å². The van der Waals surface area contributed by atoms with Gasteiger partial charge < -0.3 is 5.73 Å². The molecule has 0 aromatic heterocycles. The monoisotopic (exact) mass is 268 g/mol. The van der Waals surface area contributed by atoms with Crippen molar-refractivity contribution < 1.29 is 0 Å². The summed E-state index contributed by atoms with van der Waals surface area (Å²) >= 11 is 2.15. The third kappa shape index (κ3) is 2.73. The van der Waals surface area contributed by atoms with Gasteiger partial charge in [-0.3, -0.25) is 4.90 Å². The van der Waals surface area contributed by atoms with Crippen LogP contribution in [-0.2, 0) is 0 Å². The number of thioether (sulfide) groups is 1. The van der Waals surface area contributed by atoms with Crippen molar-refractivity contribution in [2.45, 2.75) is 56.2 Å². The lowest BCUT2D eigenvalue weighted by molar-refractivity contribution is 0.0713. The number of nitrogens with two attached hydrogens (primary N) is 1. The summed E-state index contributed by atoms with van der Waals surface area (Å²) in [6.45, 7) is 5.95. The Kier molecular flexibility index (Phi) is 3.93. The van der Waals surface area contributed by atoms with Crippen LogP contribution in [0.15, 0.2) is 0 Å². The molecule has 2 unspecified atom stereocenters. The molecule has 3 rings (SSSR count). The summed E-state index contributed by atoms with van der Waals surface area (Å²) in [6, 6.07) is 0. The molecule has 1 heterocycles. The highest BCUT2D eigenvalue weighted by atomic mass is 32.2. The maximum Gasteiger partial charge on any atom is 0.0447 e. The first kappa shape index (κ1) is 13.3. The highest BCUT2D eigenvalue weighted by molar-refractivity contribution is 8.00. The van der Waals surface area contributed by atoms with Crippen LogP contribution in [0.2, 0.25) is 0 Å². The molecule has 0 bridgehead atoms. The van der Waals surface area contributed by atoms with Gasteiger partial charge in [-0.25, -0.2) is 0 Å². The smallest absolute Gasteiger partial charge is 0.0447 e. The average molecular weight is 268 g/mol. The fourth-order valence-corrected chi connectivity index (χ4v) is 4.81. The molecule has 104 valence electrons. The lowest BCUT2D eigenvalue weighted by atomic mass is 9.86. The van der Waals surface area contributed by atoms with Crippen molar-refractivity contribution in [1.29, 1.82) is 0 Å². The first-order valence-corrected chi connectivity index (χ1v) is 8.86. The van der Waals surface area contributed by atoms with Gasteiger partial charge in [0, 0.05) is 30.4 Å². The fourth-order valence-electron chi connectivity index (χ4n) is 3.47. The summed E-state index contributed by atoms with van der Waals surface area (Å²) in [5.74, 6) is 3.32. The third-order valence-electron chi connectivity index (χ3n) is 5.21. The van der Waals surface area contributed by atoms with Crippen molar-refractivity contribution in [1.82, 2.24) is 4.90 Å². The Labute approximate surface area is 116 Å². The molecule has 0 spiro atoms. The van der Waals surface area contributed by atoms with Crippen LogP contribution in [-0.4, -0.2) is 41.1 Å². The molecule has 2 N–H and O–H groups in total. The highest BCUT2D eigenvalue weighted by Gasteiger charge is 2.45. The van der Waals surface area contributed by atoms with E-state index in [1.54, 1.807) is 0 Å². The molecular weight excluding hydrogens is 240 g/mol. The molecule has 0 aromatic carbocycles. The van der Waals surface area contributed by atoms with Gasteiger partial charge in [0.2, 0.25) is 0 Å². The summed E-state index contributed by atoms with van der Waals surface area (Å²) in [5.41, 5.74) is 6.58. The van der Waals surface area contributed by atoms with Gasteiger partial charge in [0.1, 0.15) is 0 Å². The minimum atomic E-state index is 0.314. The van der Waals surface area contributed by atoms with Crippen molar-refractivity contribution in [2.75, 3.05) is 25.4 Å². The molecule has 18 heavy (non-hydrogen) atoms. The molecule has 2 saturated carbocycles. The van der Waals surface area contributed by atoms with E-state index in [0.717, 1.165) is 18.4 Å². The second kappa shape index (κ2) is 5.34. The average Bonchev–Trinajstić information content (AvgIpc) is 3.24. The standard InChI is InChI=1S/C15H28N2S/c1-12-15(11-16,7-2-8-18-12)17(9-13-3-4-13)10-14-5-6-14/h12-14H,2-11,16H2,1H3. The lowest BCUT2D eigenvalue weighted by Crippen LogP contribution is -2.61. The molecule has 3 heteroatoms. The van der Waals surface area contributed by atoms with E-state index in [1.807, 2.05) is 0 Å². The number of hydrogen-bond donors (Lipinski definition) is 1. The second-order valence-corrected chi connectivity index (χ2v) is 8.16. The largest absolute Gasteiger partial charge is 0.329 e. The zero-order chi connectivity index (χ0) is 12.6. The topological polar surface area (TPSA) is 29.3 Å². The normalized spacial score (nSPS) is 37.2. The van der Waals surface area contributed by atoms with Crippen molar-refractivity contribution >= 4 is 11.8 Å². The molecule has 1 aliphatic heterocycles. The zero-order valence-corrected chi connectivity index (χ0v) is 12.6. The van der Waals surface area contributed by atoms with Crippen molar-refractivity contribution in [3.8, 4) is 0 Å². The Morgan fingerprint density at radius 1 is 1.17 bits per heavy atom. The Hall–Kier alpha value is 0.270. The minimum Gasteiger partial charge on any atom is -0.329 e. The number of hydrogen-bond acceptors (Lipinski definition) is 3. The molecule has 2 nitrogen and oxygen atoms in total. The summed E-state index contributed by atoms with van der Waals surface area (Å²) in [4.78, 5) is 2.83. The third-order valence-corrected chi connectivity index (χ3v) is 6.68. The molecule has 0 radical (unpaired) electrons. The van der Waals surface area contributed by atoms with E-state index in [4.69, 9.17) is 5.73 Å². The van der Waals surface area contributed by atoms with Crippen molar-refractivity contribution in [3.05, 3.63) is 0 Å². The van der Waals surface area contributed by atoms with E-state index in [1.165, 1.54) is 57.4 Å². The zero-order valence-electron chi connectivity index (χ0n) is 11.7. The first-order chi connectivity index (χ1) is 8.74. The van der Waals surface area contributed by atoms with Crippen molar-refractivity contribution in [2.24, 2.45) is 17.6 Å². The van der Waals surface area contributed by atoms with Gasteiger partial charge in [0.15, 0.2) is 0 Å². The summed E-state index contributed by atoms with van der Waals surface area (Å²) < 4.78 is 0. The van der Waals surface area contributed by atoms with Crippen LogP contribution in [0.25, 0.3) is 0 Å². The van der Waals surface area contributed by atoms with E-state index < -0.39 is 0 Å². The molecule has 0 aromatic rings. The van der Waals surface area contributed by atoms with E-state index in [2.05, 4.69) is 23.6 Å². The molecule has 0 amide bonds. The molecular formula is C15H28N2S. The molecule has 1 saturated heterocycles. The summed E-state index contributed by atoms with van der Waals surface area (Å²) in [5, 5.41) is 0.716. The number of rotatable bonds is 6. The van der Waals surface area contributed by atoms with Crippen LogP contribution in [0.1, 0.15) is 45.4 Å². The van der Waals surface area contributed by atoms with E-state index in [9.17, 15) is 0 Å².